The lowest BCUT2D eigenvalue weighted by atomic mass is 10.0. The first-order valence-corrected chi connectivity index (χ1v) is 7.88. The summed E-state index contributed by atoms with van der Waals surface area (Å²) in [5, 5.41) is 0.687. The van der Waals surface area contributed by atoms with E-state index >= 15 is 0 Å². The SMILES string of the molecule is C=C/C=C(/Cl)C(=C)C/C(=C/C=C(C)C)CC.CC.CC. The Kier molecular flexibility index (Phi) is 21.6. The number of rotatable bonds is 6. The molecule has 0 aliphatic carbocycles. The molecule has 0 unspecified atom stereocenters. The third kappa shape index (κ3) is 15.0. The van der Waals surface area contributed by atoms with E-state index in [0.29, 0.717) is 5.03 Å². The van der Waals surface area contributed by atoms with Gasteiger partial charge >= 0.3 is 0 Å². The third-order valence-corrected chi connectivity index (χ3v) is 2.54. The quantitative estimate of drug-likeness (QED) is 0.443. The Bertz CT molecular complexity index is 337. The fraction of sp³-hybridized carbons (Fsp3) is 0.474. The molecule has 0 aliphatic heterocycles. The normalized spacial score (nSPS) is 10.4. The first-order valence-electron chi connectivity index (χ1n) is 7.50. The van der Waals surface area contributed by atoms with Crippen LogP contribution in [0.5, 0.6) is 0 Å². The highest BCUT2D eigenvalue weighted by molar-refractivity contribution is 6.32. The van der Waals surface area contributed by atoms with Crippen molar-refractivity contribution in [2.75, 3.05) is 0 Å². The largest absolute Gasteiger partial charge is 0.0990 e. The van der Waals surface area contributed by atoms with Gasteiger partial charge in [0, 0.05) is 5.03 Å². The third-order valence-electron chi connectivity index (χ3n) is 2.15. The topological polar surface area (TPSA) is 0 Å². The Morgan fingerprint density at radius 3 is 1.85 bits per heavy atom. The summed E-state index contributed by atoms with van der Waals surface area (Å²) in [7, 11) is 0. The summed E-state index contributed by atoms with van der Waals surface area (Å²) in [5.74, 6) is 0. The lowest BCUT2D eigenvalue weighted by molar-refractivity contribution is 1.01. The van der Waals surface area contributed by atoms with Crippen LogP contribution in [-0.2, 0) is 0 Å². The molecule has 0 spiro atoms. The number of allylic oxidation sites excluding steroid dienone is 8. The Morgan fingerprint density at radius 2 is 1.50 bits per heavy atom. The molecule has 0 nitrogen and oxygen atoms in total. The summed E-state index contributed by atoms with van der Waals surface area (Å²) >= 11 is 6.04. The molecule has 1 heteroatoms. The fourth-order valence-electron chi connectivity index (χ4n) is 1.17. The first-order chi connectivity index (χ1) is 9.51. The van der Waals surface area contributed by atoms with Gasteiger partial charge in [-0.1, -0.05) is 88.8 Å². The van der Waals surface area contributed by atoms with Gasteiger partial charge in [0.2, 0.25) is 0 Å². The van der Waals surface area contributed by atoms with Gasteiger partial charge in [-0.25, -0.2) is 0 Å². The predicted molar refractivity (Wildman–Crippen MR) is 98.4 cm³/mol. The van der Waals surface area contributed by atoms with Crippen molar-refractivity contribution in [1.82, 2.24) is 0 Å². The highest BCUT2D eigenvalue weighted by Gasteiger charge is 2.01. The van der Waals surface area contributed by atoms with Crippen LogP contribution in [0.4, 0.5) is 0 Å². The van der Waals surface area contributed by atoms with Gasteiger partial charge in [-0.3, -0.25) is 0 Å². The van der Waals surface area contributed by atoms with Gasteiger partial charge in [0.1, 0.15) is 0 Å². The van der Waals surface area contributed by atoms with Crippen LogP contribution < -0.4 is 0 Å². The van der Waals surface area contributed by atoms with E-state index < -0.39 is 0 Å². The van der Waals surface area contributed by atoms with Gasteiger partial charge < -0.3 is 0 Å². The highest BCUT2D eigenvalue weighted by atomic mass is 35.5. The second kappa shape index (κ2) is 18.0. The molecular formula is C19H33Cl. The van der Waals surface area contributed by atoms with Crippen molar-refractivity contribution in [3.05, 3.63) is 59.2 Å². The predicted octanol–water partition coefficient (Wildman–Crippen LogP) is 7.60. The van der Waals surface area contributed by atoms with Crippen molar-refractivity contribution in [2.24, 2.45) is 0 Å². The molecule has 0 saturated heterocycles. The van der Waals surface area contributed by atoms with Crippen LogP contribution in [-0.4, -0.2) is 0 Å². The van der Waals surface area contributed by atoms with Gasteiger partial charge in [-0.05, 0) is 38.3 Å². The van der Waals surface area contributed by atoms with E-state index in [1.807, 2.05) is 27.7 Å². The molecule has 0 rings (SSSR count). The van der Waals surface area contributed by atoms with Crippen LogP contribution in [0.3, 0.4) is 0 Å². The maximum Gasteiger partial charge on any atom is 0.0435 e. The summed E-state index contributed by atoms with van der Waals surface area (Å²) in [6.45, 7) is 21.9. The zero-order valence-corrected chi connectivity index (χ0v) is 15.3. The lowest BCUT2D eigenvalue weighted by Crippen LogP contribution is -1.86. The molecule has 0 aromatic carbocycles. The number of halogens is 1. The molecule has 0 bridgehead atoms. The van der Waals surface area contributed by atoms with E-state index in [9.17, 15) is 0 Å². The van der Waals surface area contributed by atoms with Gasteiger partial charge in [0.15, 0.2) is 0 Å². The molecule has 0 aliphatic rings. The second-order valence-electron chi connectivity index (χ2n) is 3.95. The van der Waals surface area contributed by atoms with Gasteiger partial charge in [0.25, 0.3) is 0 Å². The molecule has 0 fully saturated rings. The molecule has 0 radical (unpaired) electrons. The Labute approximate surface area is 132 Å². The van der Waals surface area contributed by atoms with Crippen LogP contribution in [0.2, 0.25) is 0 Å². The van der Waals surface area contributed by atoms with Crippen molar-refractivity contribution in [3.8, 4) is 0 Å². The Hall–Kier alpha value is -1.01. The molecule has 0 atom stereocenters. The van der Waals surface area contributed by atoms with E-state index in [0.717, 1.165) is 18.4 Å². The smallest absolute Gasteiger partial charge is 0.0435 e. The zero-order valence-electron chi connectivity index (χ0n) is 14.5. The standard InChI is InChI=1S/C15H21Cl.2C2H6/c1-6-8-15(16)13(5)11-14(7-2)10-9-12(3)4;2*1-2/h6,8-10H,1,5,7,11H2,2-4H3;2*1-2H3/b14-10+,15-8+;;. The van der Waals surface area contributed by atoms with Crippen LogP contribution >= 0.6 is 11.6 Å². The van der Waals surface area contributed by atoms with E-state index in [1.165, 1.54) is 11.1 Å². The second-order valence-corrected chi connectivity index (χ2v) is 4.36. The van der Waals surface area contributed by atoms with Crippen molar-refractivity contribution in [3.63, 3.8) is 0 Å². The van der Waals surface area contributed by atoms with Crippen LogP contribution in [0, 0.1) is 0 Å². The minimum atomic E-state index is 0.687. The minimum Gasteiger partial charge on any atom is -0.0990 e. The van der Waals surface area contributed by atoms with Crippen molar-refractivity contribution < 1.29 is 0 Å². The average molecular weight is 297 g/mol. The molecule has 0 N–H and O–H groups in total. The van der Waals surface area contributed by atoms with Crippen molar-refractivity contribution in [1.29, 1.82) is 0 Å². The Morgan fingerprint density at radius 1 is 1.00 bits per heavy atom. The van der Waals surface area contributed by atoms with Crippen molar-refractivity contribution in [2.45, 2.75) is 61.3 Å². The van der Waals surface area contributed by atoms with Gasteiger partial charge in [-0.2, -0.15) is 0 Å². The molecule has 20 heavy (non-hydrogen) atoms. The van der Waals surface area contributed by atoms with Gasteiger partial charge in [-0.15, -0.1) is 0 Å². The number of hydrogen-bond donors (Lipinski definition) is 0. The molecule has 0 amide bonds. The maximum atomic E-state index is 6.04. The monoisotopic (exact) mass is 296 g/mol. The van der Waals surface area contributed by atoms with E-state index in [2.05, 4.69) is 46.1 Å². The summed E-state index contributed by atoms with van der Waals surface area (Å²) < 4.78 is 0. The highest BCUT2D eigenvalue weighted by Crippen LogP contribution is 2.22. The van der Waals surface area contributed by atoms with Crippen molar-refractivity contribution >= 4 is 11.6 Å². The molecule has 0 aromatic heterocycles. The average Bonchev–Trinajstić information content (AvgIpc) is 2.47. The molecule has 116 valence electrons. The minimum absolute atomic E-state index is 0.687. The van der Waals surface area contributed by atoms with E-state index in [-0.39, 0.29) is 0 Å². The summed E-state index contributed by atoms with van der Waals surface area (Å²) in [5.41, 5.74) is 3.57. The zero-order chi connectivity index (χ0) is 16.6. The van der Waals surface area contributed by atoms with Crippen LogP contribution in [0.25, 0.3) is 0 Å². The van der Waals surface area contributed by atoms with E-state index in [1.54, 1.807) is 12.2 Å². The van der Waals surface area contributed by atoms with Crippen LogP contribution in [0.1, 0.15) is 61.3 Å². The molecule has 0 aromatic rings. The summed E-state index contributed by atoms with van der Waals surface area (Å²) in [4.78, 5) is 0. The Balaban J connectivity index is -0.000000656. The van der Waals surface area contributed by atoms with Crippen LogP contribution in [0.15, 0.2) is 59.2 Å². The van der Waals surface area contributed by atoms with Gasteiger partial charge in [0.05, 0.1) is 0 Å². The first kappa shape index (κ1) is 24.0. The number of hydrogen-bond acceptors (Lipinski definition) is 0. The summed E-state index contributed by atoms with van der Waals surface area (Å²) in [6.07, 6.45) is 9.57. The molecule has 0 saturated carbocycles. The molecular weight excluding hydrogens is 264 g/mol. The fourth-order valence-corrected chi connectivity index (χ4v) is 1.32. The van der Waals surface area contributed by atoms with E-state index in [4.69, 9.17) is 11.6 Å². The molecule has 0 heterocycles. The summed E-state index contributed by atoms with van der Waals surface area (Å²) in [6, 6.07) is 0. The lowest BCUT2D eigenvalue weighted by Gasteiger charge is -2.06. The maximum absolute atomic E-state index is 6.04.